The zero-order valence-electron chi connectivity index (χ0n) is 11.9. The Labute approximate surface area is 136 Å². The van der Waals surface area contributed by atoms with Crippen molar-refractivity contribution in [3.05, 3.63) is 68.7 Å². The topological polar surface area (TPSA) is 98.5 Å². The lowest BCUT2D eigenvalue weighted by Gasteiger charge is -2.09. The molecule has 0 aliphatic heterocycles. The van der Waals surface area contributed by atoms with Gasteiger partial charge in [0.1, 0.15) is 0 Å². The summed E-state index contributed by atoms with van der Waals surface area (Å²) in [5.41, 5.74) is 0.566. The second-order valence-electron chi connectivity index (χ2n) is 4.44. The molecule has 0 aliphatic carbocycles. The SMILES string of the molecule is COC(=O)c1ccc(Cl)c(NC(=O)c2ccc([N+](=O)[O-])cc2)c1. The number of methoxy groups -OCH3 is 1. The highest BCUT2D eigenvalue weighted by atomic mass is 35.5. The van der Waals surface area contributed by atoms with Crippen molar-refractivity contribution in [1.29, 1.82) is 0 Å². The maximum atomic E-state index is 12.1. The fourth-order valence-corrected chi connectivity index (χ4v) is 1.96. The van der Waals surface area contributed by atoms with Crippen LogP contribution in [0, 0.1) is 10.1 Å². The number of amides is 1. The number of non-ortho nitro benzene ring substituents is 1. The molecule has 2 rings (SSSR count). The highest BCUT2D eigenvalue weighted by Crippen LogP contribution is 2.24. The van der Waals surface area contributed by atoms with Gasteiger partial charge in [-0.2, -0.15) is 0 Å². The van der Waals surface area contributed by atoms with Gasteiger partial charge in [-0.3, -0.25) is 14.9 Å². The predicted molar refractivity (Wildman–Crippen MR) is 83.8 cm³/mol. The van der Waals surface area contributed by atoms with Crippen molar-refractivity contribution >= 4 is 34.9 Å². The van der Waals surface area contributed by atoms with Gasteiger partial charge in [0.2, 0.25) is 0 Å². The summed E-state index contributed by atoms with van der Waals surface area (Å²) in [6.45, 7) is 0. The zero-order valence-corrected chi connectivity index (χ0v) is 12.7. The number of hydrogen-bond acceptors (Lipinski definition) is 5. The Morgan fingerprint density at radius 3 is 2.30 bits per heavy atom. The van der Waals surface area contributed by atoms with Crippen molar-refractivity contribution in [2.45, 2.75) is 0 Å². The molecule has 1 N–H and O–H groups in total. The maximum Gasteiger partial charge on any atom is 0.337 e. The largest absolute Gasteiger partial charge is 0.465 e. The molecule has 0 aromatic heterocycles. The molecule has 0 spiro atoms. The van der Waals surface area contributed by atoms with Gasteiger partial charge in [0.25, 0.3) is 11.6 Å². The van der Waals surface area contributed by atoms with Crippen LogP contribution >= 0.6 is 11.6 Å². The van der Waals surface area contributed by atoms with E-state index in [0.29, 0.717) is 0 Å². The summed E-state index contributed by atoms with van der Waals surface area (Å²) in [5.74, 6) is -1.07. The summed E-state index contributed by atoms with van der Waals surface area (Å²) in [7, 11) is 1.24. The molecule has 0 unspecified atom stereocenters. The standard InChI is InChI=1S/C15H11ClN2O5/c1-23-15(20)10-4-7-12(16)13(8-10)17-14(19)9-2-5-11(6-3-9)18(21)22/h2-8H,1H3,(H,17,19). The number of benzene rings is 2. The fourth-order valence-electron chi connectivity index (χ4n) is 1.79. The van der Waals surface area contributed by atoms with Crippen molar-refractivity contribution in [2.75, 3.05) is 12.4 Å². The van der Waals surface area contributed by atoms with Crippen LogP contribution < -0.4 is 5.32 Å². The summed E-state index contributed by atoms with van der Waals surface area (Å²) in [5, 5.41) is 13.4. The number of esters is 1. The third-order valence-electron chi connectivity index (χ3n) is 2.98. The molecule has 0 heterocycles. The van der Waals surface area contributed by atoms with Crippen molar-refractivity contribution in [3.63, 3.8) is 0 Å². The first-order valence-corrected chi connectivity index (χ1v) is 6.74. The van der Waals surface area contributed by atoms with E-state index in [1.54, 1.807) is 0 Å². The van der Waals surface area contributed by atoms with Gasteiger partial charge >= 0.3 is 5.97 Å². The van der Waals surface area contributed by atoms with E-state index in [4.69, 9.17) is 11.6 Å². The highest BCUT2D eigenvalue weighted by Gasteiger charge is 2.13. The Bertz CT molecular complexity index is 774. The third-order valence-corrected chi connectivity index (χ3v) is 3.31. The molecule has 118 valence electrons. The highest BCUT2D eigenvalue weighted by molar-refractivity contribution is 6.34. The number of nitro groups is 1. The van der Waals surface area contributed by atoms with Gasteiger partial charge in [0.15, 0.2) is 0 Å². The van der Waals surface area contributed by atoms with Crippen molar-refractivity contribution < 1.29 is 19.2 Å². The van der Waals surface area contributed by atoms with Gasteiger partial charge in [-0.15, -0.1) is 0 Å². The quantitative estimate of drug-likeness (QED) is 0.525. The second-order valence-corrected chi connectivity index (χ2v) is 4.85. The molecule has 23 heavy (non-hydrogen) atoms. The summed E-state index contributed by atoms with van der Waals surface area (Å²) < 4.78 is 4.60. The fraction of sp³-hybridized carbons (Fsp3) is 0.0667. The molecule has 0 aliphatic rings. The first-order valence-electron chi connectivity index (χ1n) is 6.36. The van der Waals surface area contributed by atoms with Crippen molar-refractivity contribution in [3.8, 4) is 0 Å². The van der Waals surface area contributed by atoms with Crippen LogP contribution in [0.4, 0.5) is 11.4 Å². The van der Waals surface area contributed by atoms with E-state index in [-0.39, 0.29) is 27.5 Å². The number of carbonyl (C=O) groups is 2. The molecule has 0 atom stereocenters. The normalized spacial score (nSPS) is 10.0. The van der Waals surface area contributed by atoms with Gasteiger partial charge in [0, 0.05) is 17.7 Å². The summed E-state index contributed by atoms with van der Waals surface area (Å²) in [6.07, 6.45) is 0. The van der Waals surface area contributed by atoms with Gasteiger partial charge in [0.05, 0.1) is 28.3 Å². The van der Waals surface area contributed by atoms with Crippen LogP contribution in [0.2, 0.25) is 5.02 Å². The Kier molecular flexibility index (Phi) is 4.92. The maximum absolute atomic E-state index is 12.1. The second kappa shape index (κ2) is 6.89. The van der Waals surface area contributed by atoms with E-state index >= 15 is 0 Å². The monoisotopic (exact) mass is 334 g/mol. The minimum absolute atomic E-state index is 0.118. The van der Waals surface area contributed by atoms with Gasteiger partial charge < -0.3 is 10.1 Å². The molecule has 2 aromatic carbocycles. The Morgan fingerprint density at radius 2 is 1.74 bits per heavy atom. The molecule has 8 heteroatoms. The number of nitro benzene ring substituents is 1. The Hall–Kier alpha value is -2.93. The summed E-state index contributed by atoms with van der Waals surface area (Å²) >= 11 is 5.99. The van der Waals surface area contributed by atoms with Crippen LogP contribution in [0.25, 0.3) is 0 Å². The van der Waals surface area contributed by atoms with Gasteiger partial charge in [-0.25, -0.2) is 4.79 Å². The first kappa shape index (κ1) is 16.4. The molecule has 0 saturated carbocycles. The molecular weight excluding hydrogens is 324 g/mol. The molecule has 2 aromatic rings. The van der Waals surface area contributed by atoms with E-state index in [0.717, 1.165) is 0 Å². The van der Waals surface area contributed by atoms with Crippen LogP contribution in [0.3, 0.4) is 0 Å². The molecule has 0 fully saturated rings. The van der Waals surface area contributed by atoms with Gasteiger partial charge in [-0.1, -0.05) is 11.6 Å². The number of nitrogens with zero attached hydrogens (tertiary/aromatic N) is 1. The summed E-state index contributed by atoms with van der Waals surface area (Å²) in [4.78, 5) is 33.7. The molecule has 1 amide bonds. The van der Waals surface area contributed by atoms with Crippen molar-refractivity contribution in [2.24, 2.45) is 0 Å². The molecule has 0 saturated heterocycles. The van der Waals surface area contributed by atoms with E-state index in [1.807, 2.05) is 0 Å². The van der Waals surface area contributed by atoms with Crippen LogP contribution in [0.15, 0.2) is 42.5 Å². The van der Waals surface area contributed by atoms with Crippen LogP contribution in [0.5, 0.6) is 0 Å². The van der Waals surface area contributed by atoms with E-state index in [1.165, 1.54) is 49.6 Å². The van der Waals surface area contributed by atoms with Crippen LogP contribution in [-0.4, -0.2) is 23.9 Å². The number of hydrogen-bond donors (Lipinski definition) is 1. The lowest BCUT2D eigenvalue weighted by Crippen LogP contribution is -2.13. The number of nitrogens with one attached hydrogen (secondary N) is 1. The molecule has 0 bridgehead atoms. The first-order chi connectivity index (χ1) is 10.9. The minimum atomic E-state index is -0.562. The smallest absolute Gasteiger partial charge is 0.337 e. The average Bonchev–Trinajstić information content (AvgIpc) is 2.56. The number of carbonyl (C=O) groups excluding carboxylic acids is 2. The Morgan fingerprint density at radius 1 is 1.13 bits per heavy atom. The lowest BCUT2D eigenvalue weighted by atomic mass is 10.1. The van der Waals surface area contributed by atoms with Crippen molar-refractivity contribution in [1.82, 2.24) is 0 Å². The number of ether oxygens (including phenoxy) is 1. The Balaban J connectivity index is 2.22. The number of anilines is 1. The lowest BCUT2D eigenvalue weighted by molar-refractivity contribution is -0.384. The van der Waals surface area contributed by atoms with E-state index in [9.17, 15) is 19.7 Å². The van der Waals surface area contributed by atoms with Crippen LogP contribution in [0.1, 0.15) is 20.7 Å². The molecular formula is C15H11ClN2O5. The number of halogens is 1. The zero-order chi connectivity index (χ0) is 17.0. The molecule has 0 radical (unpaired) electrons. The molecule has 7 nitrogen and oxygen atoms in total. The number of rotatable bonds is 4. The van der Waals surface area contributed by atoms with Gasteiger partial charge in [-0.05, 0) is 30.3 Å². The summed E-state index contributed by atoms with van der Waals surface area (Å²) in [6, 6.07) is 9.41. The van der Waals surface area contributed by atoms with E-state index in [2.05, 4.69) is 10.1 Å². The average molecular weight is 335 g/mol. The minimum Gasteiger partial charge on any atom is -0.465 e. The van der Waals surface area contributed by atoms with E-state index < -0.39 is 16.8 Å². The van der Waals surface area contributed by atoms with Crippen LogP contribution in [-0.2, 0) is 4.74 Å². The predicted octanol–water partition coefficient (Wildman–Crippen LogP) is 3.29. The third kappa shape index (κ3) is 3.83.